The van der Waals surface area contributed by atoms with Crippen molar-refractivity contribution in [2.45, 2.75) is 59.2 Å². The highest BCUT2D eigenvalue weighted by molar-refractivity contribution is 6.13. The normalized spacial score (nSPS) is 36.1. The summed E-state index contributed by atoms with van der Waals surface area (Å²) < 4.78 is 16.6. The lowest BCUT2D eigenvalue weighted by molar-refractivity contribution is -0.156. The molecule has 0 aromatic heterocycles. The van der Waals surface area contributed by atoms with Gasteiger partial charge in [-0.15, -0.1) is 0 Å². The van der Waals surface area contributed by atoms with Crippen LogP contribution in [0.3, 0.4) is 0 Å². The van der Waals surface area contributed by atoms with Gasteiger partial charge in [-0.1, -0.05) is 6.92 Å². The summed E-state index contributed by atoms with van der Waals surface area (Å²) in [7, 11) is 1.52. The monoisotopic (exact) mass is 471 g/mol. The Morgan fingerprint density at radius 1 is 1.24 bits per heavy atom. The lowest BCUT2D eigenvalue weighted by Gasteiger charge is -2.52. The molecule has 3 aliphatic carbocycles. The van der Waals surface area contributed by atoms with E-state index in [9.17, 15) is 19.5 Å². The van der Waals surface area contributed by atoms with Crippen molar-refractivity contribution in [3.63, 3.8) is 0 Å². The molecule has 34 heavy (non-hydrogen) atoms. The van der Waals surface area contributed by atoms with Crippen molar-refractivity contribution in [2.75, 3.05) is 26.8 Å². The molecule has 0 aromatic carbocycles. The Kier molecular flexibility index (Phi) is 6.40. The van der Waals surface area contributed by atoms with Crippen LogP contribution in [0.2, 0.25) is 0 Å². The number of aliphatic hydroxyl groups excluding tert-OH is 1. The average molecular weight is 472 g/mol. The molecule has 0 spiro atoms. The maximum absolute atomic E-state index is 13.7. The topological polar surface area (TPSA) is 102 Å². The van der Waals surface area contributed by atoms with Gasteiger partial charge in [0.05, 0.1) is 17.6 Å². The van der Waals surface area contributed by atoms with E-state index in [1.165, 1.54) is 7.11 Å². The van der Waals surface area contributed by atoms with E-state index in [2.05, 4.69) is 6.42 Å². The summed E-state index contributed by atoms with van der Waals surface area (Å²) in [4.78, 5) is 39.8. The lowest BCUT2D eigenvalue weighted by Crippen LogP contribution is -2.54. The fourth-order valence-electron chi connectivity index (χ4n) is 6.30. The Balaban J connectivity index is 1.91. The van der Waals surface area contributed by atoms with Gasteiger partial charge in [-0.2, -0.15) is 0 Å². The number of esters is 1. The molecule has 2 radical (unpaired) electrons. The Labute approximate surface area is 200 Å². The fraction of sp³-hybridized carbons (Fsp3) is 0.615. The molecule has 184 valence electrons. The van der Waals surface area contributed by atoms with Crippen LogP contribution in [0, 0.1) is 23.2 Å². The zero-order valence-corrected chi connectivity index (χ0v) is 20.5. The highest BCUT2D eigenvalue weighted by Crippen LogP contribution is 2.62. The third-order valence-corrected chi connectivity index (χ3v) is 8.29. The molecule has 1 heterocycles. The number of fused-ring (bicyclic) bond motifs is 4. The summed E-state index contributed by atoms with van der Waals surface area (Å²) in [5.74, 6) is -1.72. The number of ether oxygens (including phenoxy) is 3. The highest BCUT2D eigenvalue weighted by atomic mass is 16.6. The summed E-state index contributed by atoms with van der Waals surface area (Å²) in [6, 6.07) is 0. The number of carbonyl (C=O) groups excluding carboxylic acids is 3. The van der Waals surface area contributed by atoms with Gasteiger partial charge >= 0.3 is 5.97 Å². The summed E-state index contributed by atoms with van der Waals surface area (Å²) in [6.45, 7) is 9.67. The van der Waals surface area contributed by atoms with Gasteiger partial charge < -0.3 is 24.2 Å². The molecule has 4 aliphatic rings. The first-order chi connectivity index (χ1) is 16.2. The maximum Gasteiger partial charge on any atom is 0.340 e. The van der Waals surface area contributed by atoms with Crippen molar-refractivity contribution in [1.29, 1.82) is 0 Å². The van der Waals surface area contributed by atoms with E-state index in [-0.39, 0.29) is 29.8 Å². The van der Waals surface area contributed by atoms with Crippen LogP contribution in [0.5, 0.6) is 0 Å². The third kappa shape index (κ3) is 3.33. The van der Waals surface area contributed by atoms with Crippen LogP contribution < -0.4 is 0 Å². The van der Waals surface area contributed by atoms with Crippen molar-refractivity contribution in [1.82, 2.24) is 4.90 Å². The molecule has 5 atom stereocenters. The zero-order chi connectivity index (χ0) is 24.8. The van der Waals surface area contributed by atoms with Gasteiger partial charge in [0.2, 0.25) is 5.78 Å². The number of rotatable bonds is 7. The molecule has 0 amide bonds. The zero-order valence-electron chi connectivity index (χ0n) is 20.5. The second-order valence-electron chi connectivity index (χ2n) is 9.87. The standard InChI is InChI=1S/C26H33NO7/c1-6-27(7-2)12-15-21-23(30)22(29)20-16-8-9-18(33-14-28)25(16,3)11-10-17(20)26(21,4)19(13-32-5)34-24(15)31/h12,14,16,18-19,30H,6-9,11,13H2,1-5H3/b15-12+/t16?,18-,19+,25-,26-/m0/s1. The van der Waals surface area contributed by atoms with Gasteiger partial charge in [0.15, 0.2) is 5.76 Å². The maximum atomic E-state index is 13.7. The Hall–Kier alpha value is -2.61. The number of hydrogen-bond acceptors (Lipinski definition) is 8. The number of Topliss-reactive ketones (excluding diaryl/α,β-unsaturated/α-hetero) is 1. The van der Waals surface area contributed by atoms with Gasteiger partial charge in [0.25, 0.3) is 6.47 Å². The molecule has 1 unspecified atom stereocenters. The van der Waals surface area contributed by atoms with E-state index in [0.29, 0.717) is 50.0 Å². The Bertz CT molecular complexity index is 991. The predicted molar refractivity (Wildman–Crippen MR) is 122 cm³/mol. The van der Waals surface area contributed by atoms with Gasteiger partial charge in [-0.25, -0.2) is 4.79 Å². The van der Waals surface area contributed by atoms with Crippen molar-refractivity contribution in [2.24, 2.45) is 16.7 Å². The van der Waals surface area contributed by atoms with Crippen LogP contribution in [0.1, 0.15) is 47.0 Å². The minimum Gasteiger partial charge on any atom is -0.504 e. The second kappa shape index (κ2) is 8.87. The van der Waals surface area contributed by atoms with Crippen molar-refractivity contribution in [3.8, 4) is 0 Å². The Morgan fingerprint density at radius 2 is 1.94 bits per heavy atom. The second-order valence-corrected chi connectivity index (χ2v) is 9.87. The van der Waals surface area contributed by atoms with E-state index in [1.54, 1.807) is 6.20 Å². The molecule has 0 bridgehead atoms. The fourth-order valence-corrected chi connectivity index (χ4v) is 6.30. The molecule has 8 heteroatoms. The summed E-state index contributed by atoms with van der Waals surface area (Å²) in [6.07, 6.45) is 5.80. The van der Waals surface area contributed by atoms with E-state index in [1.807, 2.05) is 32.6 Å². The number of ketones is 1. The Morgan fingerprint density at radius 3 is 2.56 bits per heavy atom. The molecular formula is C26H33NO7. The predicted octanol–water partition coefficient (Wildman–Crippen LogP) is 2.92. The minimum atomic E-state index is -1.01. The van der Waals surface area contributed by atoms with Gasteiger partial charge in [-0.3, -0.25) is 9.59 Å². The first-order valence-electron chi connectivity index (χ1n) is 11.9. The minimum absolute atomic E-state index is 0.100. The molecule has 1 saturated heterocycles. The molecule has 0 aromatic rings. The summed E-state index contributed by atoms with van der Waals surface area (Å²) in [5, 5.41) is 11.4. The quantitative estimate of drug-likeness (QED) is 0.344. The van der Waals surface area contributed by atoms with Crippen LogP contribution in [-0.4, -0.2) is 67.2 Å². The van der Waals surface area contributed by atoms with E-state index >= 15 is 0 Å². The molecule has 1 N–H and O–H groups in total. The first-order valence-corrected chi connectivity index (χ1v) is 11.9. The molecule has 1 saturated carbocycles. The first kappa shape index (κ1) is 24.5. The molecule has 2 fully saturated rings. The molecule has 4 rings (SSSR count). The number of carbonyl (C=O) groups is 3. The van der Waals surface area contributed by atoms with Gasteiger partial charge in [0, 0.05) is 49.4 Å². The number of aliphatic hydroxyl groups is 1. The van der Waals surface area contributed by atoms with Gasteiger partial charge in [0.1, 0.15) is 12.2 Å². The van der Waals surface area contributed by atoms with E-state index in [4.69, 9.17) is 14.2 Å². The number of allylic oxidation sites excluding steroid dienone is 1. The van der Waals surface area contributed by atoms with Crippen LogP contribution in [0.4, 0.5) is 0 Å². The van der Waals surface area contributed by atoms with Gasteiger partial charge in [-0.05, 0) is 51.5 Å². The van der Waals surface area contributed by atoms with Crippen LogP contribution in [0.15, 0.2) is 34.3 Å². The molecule has 1 aliphatic heterocycles. The van der Waals surface area contributed by atoms with Crippen molar-refractivity contribution < 1.29 is 33.7 Å². The molecular weight excluding hydrogens is 438 g/mol. The average Bonchev–Trinajstić information content (AvgIpc) is 3.14. The van der Waals surface area contributed by atoms with Crippen LogP contribution in [-0.2, 0) is 28.6 Å². The number of methoxy groups -OCH3 is 1. The SMILES string of the molecule is CCN(/C=C1/C(=O)O[C@H](COC)[C@]2(C)C3=C(C(=O)C(O)=C12)C1CC[C@H](OC=O)[C@@]1(C)C[C]3)CC. The smallest absolute Gasteiger partial charge is 0.340 e. The summed E-state index contributed by atoms with van der Waals surface area (Å²) in [5.41, 5.74) is 0.0818. The summed E-state index contributed by atoms with van der Waals surface area (Å²) >= 11 is 0. The van der Waals surface area contributed by atoms with Crippen molar-refractivity contribution in [3.05, 3.63) is 40.7 Å². The molecule has 8 nitrogen and oxygen atoms in total. The highest BCUT2D eigenvalue weighted by Gasteiger charge is 2.62. The third-order valence-electron chi connectivity index (χ3n) is 8.29. The van der Waals surface area contributed by atoms with Crippen LogP contribution in [0.25, 0.3) is 0 Å². The van der Waals surface area contributed by atoms with Crippen molar-refractivity contribution >= 4 is 18.2 Å². The largest absolute Gasteiger partial charge is 0.504 e. The van der Waals surface area contributed by atoms with Crippen LogP contribution >= 0.6 is 0 Å². The number of cyclic esters (lactones) is 1. The lowest BCUT2D eigenvalue weighted by atomic mass is 9.54. The number of hydrogen-bond donors (Lipinski definition) is 1. The van der Waals surface area contributed by atoms with E-state index in [0.717, 1.165) is 0 Å². The van der Waals surface area contributed by atoms with E-state index < -0.39 is 34.4 Å². The number of nitrogens with zero attached hydrogens (tertiary/aromatic N) is 1.